The van der Waals surface area contributed by atoms with Crippen LogP contribution in [0.15, 0.2) is 48.6 Å². The minimum absolute atomic E-state index is 0.178. The lowest BCUT2D eigenvalue weighted by Crippen LogP contribution is -2.63. The maximum absolute atomic E-state index is 12.5. The molecule has 12 nitrogen and oxygen atoms in total. The average Bonchev–Trinajstić information content (AvgIpc) is 2.89. The lowest BCUT2D eigenvalue weighted by molar-refractivity contribution is -0.221. The van der Waals surface area contributed by atoms with Crippen molar-refractivity contribution >= 4 is 30.1 Å². The molecule has 2 aromatic carbocycles. The first-order valence-electron chi connectivity index (χ1n) is 11.2. The van der Waals surface area contributed by atoms with Crippen LogP contribution in [-0.4, -0.2) is 79.6 Å². The Labute approximate surface area is 216 Å². The van der Waals surface area contributed by atoms with Crippen LogP contribution in [0.2, 0.25) is 0 Å². The van der Waals surface area contributed by atoms with Crippen LogP contribution in [0, 0.1) is 0 Å². The van der Waals surface area contributed by atoms with Crippen LogP contribution in [-0.2, 0) is 28.6 Å². The number of benzene rings is 2. The summed E-state index contributed by atoms with van der Waals surface area (Å²) >= 11 is 0. The van der Waals surface area contributed by atoms with Gasteiger partial charge in [0.2, 0.25) is 5.60 Å². The SMILES string of the molecule is COC(=O)C1(O)CCC(OC(=O)C=Cc2ccc(O)c(O)c2)C(O)C1OC(=O)C=Cc1ccc(O)c(O)c1. The van der Waals surface area contributed by atoms with Crippen molar-refractivity contribution in [1.82, 2.24) is 0 Å². The molecule has 0 heterocycles. The number of aliphatic hydroxyl groups excluding tert-OH is 1. The van der Waals surface area contributed by atoms with Gasteiger partial charge in [0, 0.05) is 12.2 Å². The Bertz CT molecular complexity index is 1270. The monoisotopic (exact) mass is 530 g/mol. The number of phenolic OH excluding ortho intramolecular Hbond substituents is 4. The number of carbonyl (C=O) groups is 3. The molecule has 1 fully saturated rings. The molecule has 12 heteroatoms. The third-order valence-electron chi connectivity index (χ3n) is 5.84. The Morgan fingerprint density at radius 1 is 0.842 bits per heavy atom. The van der Waals surface area contributed by atoms with Gasteiger partial charge in [-0.3, -0.25) is 0 Å². The first-order valence-corrected chi connectivity index (χ1v) is 11.2. The summed E-state index contributed by atoms with van der Waals surface area (Å²) in [6, 6.07) is 7.60. The molecule has 6 N–H and O–H groups in total. The molecular formula is C26H26O12. The number of aromatic hydroxyl groups is 4. The van der Waals surface area contributed by atoms with E-state index in [1.165, 1.54) is 48.6 Å². The molecule has 0 bridgehead atoms. The van der Waals surface area contributed by atoms with Gasteiger partial charge in [-0.15, -0.1) is 0 Å². The van der Waals surface area contributed by atoms with E-state index in [-0.39, 0.29) is 24.3 Å². The number of carbonyl (C=O) groups excluding carboxylic acids is 3. The summed E-state index contributed by atoms with van der Waals surface area (Å²) in [6.07, 6.45) is -1.12. The smallest absolute Gasteiger partial charge is 0.341 e. The van der Waals surface area contributed by atoms with Gasteiger partial charge < -0.3 is 44.8 Å². The normalized spacial score (nSPS) is 23.3. The molecule has 0 saturated heterocycles. The van der Waals surface area contributed by atoms with Gasteiger partial charge in [-0.2, -0.15) is 0 Å². The number of methoxy groups -OCH3 is 1. The van der Waals surface area contributed by atoms with Gasteiger partial charge in [-0.05, 0) is 60.4 Å². The topological polar surface area (TPSA) is 200 Å². The number of aliphatic hydroxyl groups is 2. The lowest BCUT2D eigenvalue weighted by Gasteiger charge is -2.42. The molecule has 4 unspecified atom stereocenters. The molecule has 3 rings (SSSR count). The fourth-order valence-corrected chi connectivity index (χ4v) is 3.81. The number of rotatable bonds is 7. The molecule has 0 radical (unpaired) electrons. The third kappa shape index (κ3) is 6.41. The zero-order valence-corrected chi connectivity index (χ0v) is 20.1. The van der Waals surface area contributed by atoms with Gasteiger partial charge in [-0.1, -0.05) is 12.1 Å². The van der Waals surface area contributed by atoms with E-state index in [1.807, 2.05) is 0 Å². The molecule has 38 heavy (non-hydrogen) atoms. The number of esters is 3. The van der Waals surface area contributed by atoms with Crippen molar-refractivity contribution < 1.29 is 59.2 Å². The van der Waals surface area contributed by atoms with E-state index in [4.69, 9.17) is 9.47 Å². The summed E-state index contributed by atoms with van der Waals surface area (Å²) in [6.45, 7) is 0. The number of hydrogen-bond acceptors (Lipinski definition) is 12. The molecule has 1 saturated carbocycles. The number of phenols is 4. The van der Waals surface area contributed by atoms with Crippen LogP contribution in [0.25, 0.3) is 12.2 Å². The summed E-state index contributed by atoms with van der Waals surface area (Å²) in [5.74, 6) is -4.70. The fraction of sp³-hybridized carbons (Fsp3) is 0.269. The summed E-state index contributed by atoms with van der Waals surface area (Å²) in [7, 11) is 1.00. The number of hydrogen-bond donors (Lipinski definition) is 6. The highest BCUT2D eigenvalue weighted by atomic mass is 16.6. The van der Waals surface area contributed by atoms with E-state index < -0.39 is 53.3 Å². The van der Waals surface area contributed by atoms with Crippen molar-refractivity contribution in [2.75, 3.05) is 7.11 Å². The Kier molecular flexibility index (Phi) is 8.61. The van der Waals surface area contributed by atoms with Crippen LogP contribution in [0.1, 0.15) is 24.0 Å². The van der Waals surface area contributed by atoms with Crippen molar-refractivity contribution in [2.45, 2.75) is 36.8 Å². The first kappa shape index (κ1) is 28.0. The highest BCUT2D eigenvalue weighted by Gasteiger charge is 2.57. The highest BCUT2D eigenvalue weighted by molar-refractivity contribution is 5.89. The predicted octanol–water partition coefficient (Wildman–Crippen LogP) is 1.12. The largest absolute Gasteiger partial charge is 0.504 e. The summed E-state index contributed by atoms with van der Waals surface area (Å²) in [5, 5.41) is 59.6. The molecule has 2 aromatic rings. The van der Waals surface area contributed by atoms with Crippen molar-refractivity contribution in [3.05, 3.63) is 59.7 Å². The maximum Gasteiger partial charge on any atom is 0.341 e. The van der Waals surface area contributed by atoms with Gasteiger partial charge in [0.1, 0.15) is 12.2 Å². The molecule has 1 aliphatic carbocycles. The zero-order valence-electron chi connectivity index (χ0n) is 20.1. The zero-order chi connectivity index (χ0) is 28.0. The van der Waals surface area contributed by atoms with E-state index in [0.29, 0.717) is 11.1 Å². The van der Waals surface area contributed by atoms with Gasteiger partial charge in [0.25, 0.3) is 0 Å². The van der Waals surface area contributed by atoms with Gasteiger partial charge >= 0.3 is 17.9 Å². The second kappa shape index (κ2) is 11.7. The van der Waals surface area contributed by atoms with Gasteiger partial charge in [-0.25, -0.2) is 14.4 Å². The summed E-state index contributed by atoms with van der Waals surface area (Å²) in [5.41, 5.74) is -1.76. The molecule has 202 valence electrons. The van der Waals surface area contributed by atoms with Crippen molar-refractivity contribution in [1.29, 1.82) is 0 Å². The Balaban J connectivity index is 1.74. The summed E-state index contributed by atoms with van der Waals surface area (Å²) < 4.78 is 15.0. The second-order valence-electron chi connectivity index (χ2n) is 8.44. The molecule has 0 aromatic heterocycles. The molecule has 0 amide bonds. The van der Waals surface area contributed by atoms with E-state index in [1.54, 1.807) is 0 Å². The third-order valence-corrected chi connectivity index (χ3v) is 5.84. The highest BCUT2D eigenvalue weighted by Crippen LogP contribution is 2.35. The van der Waals surface area contributed by atoms with Crippen molar-refractivity contribution in [3.8, 4) is 23.0 Å². The lowest BCUT2D eigenvalue weighted by atomic mass is 9.78. The van der Waals surface area contributed by atoms with Crippen molar-refractivity contribution in [2.24, 2.45) is 0 Å². The average molecular weight is 530 g/mol. The minimum atomic E-state index is -2.43. The standard InChI is InChI=1S/C26H26O12/c1-36-25(34)26(35)11-10-20(37-21(31)8-4-14-2-6-16(27)18(29)12-14)23(33)24(26)38-22(32)9-5-15-3-7-17(28)19(30)13-15/h2-9,12-13,20,23-24,27-30,33,35H,10-11H2,1H3. The van der Waals surface area contributed by atoms with Crippen LogP contribution < -0.4 is 0 Å². The van der Waals surface area contributed by atoms with E-state index >= 15 is 0 Å². The molecule has 4 atom stereocenters. The Morgan fingerprint density at radius 3 is 1.82 bits per heavy atom. The van der Waals surface area contributed by atoms with E-state index in [0.717, 1.165) is 19.3 Å². The van der Waals surface area contributed by atoms with Crippen LogP contribution in [0.3, 0.4) is 0 Å². The Hall–Kier alpha value is -4.55. The van der Waals surface area contributed by atoms with Crippen LogP contribution in [0.4, 0.5) is 0 Å². The van der Waals surface area contributed by atoms with Crippen LogP contribution in [0.5, 0.6) is 23.0 Å². The Morgan fingerprint density at radius 2 is 1.34 bits per heavy atom. The van der Waals surface area contributed by atoms with Crippen molar-refractivity contribution in [3.63, 3.8) is 0 Å². The molecule has 1 aliphatic rings. The summed E-state index contributed by atoms with van der Waals surface area (Å²) in [4.78, 5) is 37.1. The van der Waals surface area contributed by atoms with Gasteiger partial charge in [0.15, 0.2) is 29.1 Å². The first-order chi connectivity index (χ1) is 17.9. The quantitative estimate of drug-likeness (QED) is 0.129. The van der Waals surface area contributed by atoms with E-state index in [2.05, 4.69) is 4.74 Å². The minimum Gasteiger partial charge on any atom is -0.504 e. The molecule has 0 aliphatic heterocycles. The fourth-order valence-electron chi connectivity index (χ4n) is 3.81. The molecular weight excluding hydrogens is 504 g/mol. The van der Waals surface area contributed by atoms with Crippen LogP contribution >= 0.6 is 0 Å². The predicted molar refractivity (Wildman–Crippen MR) is 130 cm³/mol. The number of ether oxygens (including phenoxy) is 3. The molecule has 0 spiro atoms. The van der Waals surface area contributed by atoms with Gasteiger partial charge in [0.05, 0.1) is 7.11 Å². The second-order valence-corrected chi connectivity index (χ2v) is 8.44. The van der Waals surface area contributed by atoms with E-state index in [9.17, 15) is 45.0 Å². The maximum atomic E-state index is 12.5.